The number of carboxylic acid groups (broad SMARTS) is 1. The Morgan fingerprint density at radius 1 is 1.31 bits per heavy atom. The molecule has 2 fully saturated rings. The Bertz CT molecular complexity index is 937. The van der Waals surface area contributed by atoms with Crippen LogP contribution in [0.2, 0.25) is 0 Å². The van der Waals surface area contributed by atoms with E-state index in [4.69, 9.17) is 9.63 Å². The van der Waals surface area contributed by atoms with Crippen LogP contribution >= 0.6 is 11.3 Å². The van der Waals surface area contributed by atoms with Crippen molar-refractivity contribution >= 4 is 27.3 Å². The molecule has 0 amide bonds. The van der Waals surface area contributed by atoms with Crippen LogP contribution in [0.4, 0.5) is 0 Å². The van der Waals surface area contributed by atoms with Gasteiger partial charge in [0.15, 0.2) is 0 Å². The van der Waals surface area contributed by atoms with Crippen LogP contribution < -0.4 is 0 Å². The number of hydrogen-bond donors (Lipinski definition) is 1. The maximum absolute atomic E-state index is 13.0. The van der Waals surface area contributed by atoms with Crippen LogP contribution in [0.25, 0.3) is 10.7 Å². The molecule has 1 N–H and O–H groups in total. The highest BCUT2D eigenvalue weighted by molar-refractivity contribution is 7.89. The Hall–Kier alpha value is -1.78. The number of thiophene rings is 1. The Morgan fingerprint density at radius 3 is 2.62 bits per heavy atom. The number of carboxylic acids is 1. The largest absolute Gasteiger partial charge is 0.481 e. The van der Waals surface area contributed by atoms with Crippen LogP contribution in [0.1, 0.15) is 42.4 Å². The fourth-order valence-electron chi connectivity index (χ4n) is 3.15. The Kier molecular flexibility index (Phi) is 4.36. The summed E-state index contributed by atoms with van der Waals surface area (Å²) in [6, 6.07) is 1.60. The average molecular weight is 397 g/mol. The summed E-state index contributed by atoms with van der Waals surface area (Å²) in [5.74, 6) is 0.0497. The monoisotopic (exact) mass is 397 g/mol. The number of carbonyl (C=O) groups is 1. The van der Waals surface area contributed by atoms with Gasteiger partial charge in [-0.1, -0.05) is 5.16 Å². The van der Waals surface area contributed by atoms with Crippen molar-refractivity contribution in [2.75, 3.05) is 13.1 Å². The van der Waals surface area contributed by atoms with E-state index in [-0.39, 0.29) is 18.0 Å². The van der Waals surface area contributed by atoms with Gasteiger partial charge in [0.25, 0.3) is 0 Å². The molecule has 1 saturated heterocycles. The summed E-state index contributed by atoms with van der Waals surface area (Å²) < 4.78 is 32.6. The fraction of sp³-hybridized carbons (Fsp3) is 0.562. The van der Waals surface area contributed by atoms with Gasteiger partial charge in [-0.15, -0.1) is 11.3 Å². The molecular weight excluding hydrogens is 378 g/mol. The van der Waals surface area contributed by atoms with E-state index in [2.05, 4.69) is 10.1 Å². The van der Waals surface area contributed by atoms with Gasteiger partial charge < -0.3 is 9.63 Å². The van der Waals surface area contributed by atoms with Crippen LogP contribution in [-0.2, 0) is 14.8 Å². The second-order valence-electron chi connectivity index (χ2n) is 6.78. The number of rotatable bonds is 5. The van der Waals surface area contributed by atoms with Gasteiger partial charge in [-0.25, -0.2) is 8.42 Å². The first-order chi connectivity index (χ1) is 12.4. The van der Waals surface area contributed by atoms with Gasteiger partial charge in [0.2, 0.25) is 21.7 Å². The molecule has 0 atom stereocenters. The topological polar surface area (TPSA) is 114 Å². The van der Waals surface area contributed by atoms with Crippen LogP contribution in [0.5, 0.6) is 0 Å². The van der Waals surface area contributed by atoms with Gasteiger partial charge in [0.05, 0.1) is 15.7 Å². The molecule has 2 aromatic rings. The molecule has 4 rings (SSSR count). The van der Waals surface area contributed by atoms with Crippen LogP contribution in [0.15, 0.2) is 15.5 Å². The lowest BCUT2D eigenvalue weighted by Crippen LogP contribution is -2.40. The average Bonchev–Trinajstić information content (AvgIpc) is 3.20. The third-order valence-corrected chi connectivity index (χ3v) is 8.08. The summed E-state index contributed by atoms with van der Waals surface area (Å²) in [6.07, 6.45) is 2.77. The summed E-state index contributed by atoms with van der Waals surface area (Å²) in [5.41, 5.74) is 0. The van der Waals surface area contributed by atoms with Crippen LogP contribution in [0, 0.1) is 12.8 Å². The molecule has 8 nitrogen and oxygen atoms in total. The normalized spacial score (nSPS) is 19.7. The summed E-state index contributed by atoms with van der Waals surface area (Å²) in [7, 11) is -3.66. The Labute approximate surface area is 154 Å². The van der Waals surface area contributed by atoms with Gasteiger partial charge in [-0.3, -0.25) is 4.79 Å². The van der Waals surface area contributed by atoms with Crippen molar-refractivity contribution in [2.45, 2.75) is 43.4 Å². The van der Waals surface area contributed by atoms with E-state index in [0.717, 1.165) is 12.8 Å². The van der Waals surface area contributed by atoms with Crippen LogP contribution in [0.3, 0.4) is 0 Å². The third-order valence-electron chi connectivity index (χ3n) is 4.88. The van der Waals surface area contributed by atoms with Crippen molar-refractivity contribution in [1.82, 2.24) is 14.4 Å². The fourth-order valence-corrected chi connectivity index (χ4v) is 6.10. The van der Waals surface area contributed by atoms with Crippen molar-refractivity contribution in [3.63, 3.8) is 0 Å². The zero-order chi connectivity index (χ0) is 18.5. The highest BCUT2D eigenvalue weighted by Crippen LogP contribution is 2.41. The predicted molar refractivity (Wildman–Crippen MR) is 93.4 cm³/mol. The van der Waals surface area contributed by atoms with Crippen LogP contribution in [-0.4, -0.2) is 47.0 Å². The lowest BCUT2D eigenvalue weighted by molar-refractivity contribution is -0.142. The van der Waals surface area contributed by atoms with E-state index in [9.17, 15) is 13.2 Å². The van der Waals surface area contributed by atoms with Gasteiger partial charge in [0.1, 0.15) is 0 Å². The van der Waals surface area contributed by atoms with E-state index in [1.54, 1.807) is 13.0 Å². The highest BCUT2D eigenvalue weighted by Gasteiger charge is 2.34. The first-order valence-corrected chi connectivity index (χ1v) is 10.8. The van der Waals surface area contributed by atoms with Crippen molar-refractivity contribution in [2.24, 2.45) is 5.92 Å². The minimum Gasteiger partial charge on any atom is -0.481 e. The van der Waals surface area contributed by atoms with E-state index in [1.165, 1.54) is 15.6 Å². The number of piperidine rings is 1. The minimum absolute atomic E-state index is 0.220. The Balaban J connectivity index is 1.57. The summed E-state index contributed by atoms with van der Waals surface area (Å²) in [6.45, 7) is 2.20. The van der Waals surface area contributed by atoms with E-state index < -0.39 is 21.9 Å². The molecule has 2 aliphatic rings. The molecule has 26 heavy (non-hydrogen) atoms. The number of aryl methyl sites for hydroxylation is 1. The zero-order valence-corrected chi connectivity index (χ0v) is 15.8. The van der Waals surface area contributed by atoms with Crippen molar-refractivity contribution in [1.29, 1.82) is 0 Å². The lowest BCUT2D eigenvalue weighted by atomic mass is 9.99. The number of nitrogens with zero attached hydrogens (tertiary/aromatic N) is 3. The molecule has 0 unspecified atom stereocenters. The molecule has 0 radical (unpaired) electrons. The highest BCUT2D eigenvalue weighted by atomic mass is 32.2. The van der Waals surface area contributed by atoms with Gasteiger partial charge in [0, 0.05) is 23.9 Å². The summed E-state index contributed by atoms with van der Waals surface area (Å²) in [5, 5.41) is 13.1. The predicted octanol–water partition coefficient (Wildman–Crippen LogP) is 2.47. The number of sulfonamides is 1. The standard InChI is InChI=1S/C16H19N3O5S2/c1-9-13(26(22,23)19-6-4-11(5-7-19)16(20)21)8-12(25-9)14-17-15(24-18-14)10-2-3-10/h8,10-11H,2-7H2,1H3,(H,20,21). The minimum atomic E-state index is -3.66. The third kappa shape index (κ3) is 3.17. The molecule has 1 aliphatic carbocycles. The zero-order valence-electron chi connectivity index (χ0n) is 14.2. The quantitative estimate of drug-likeness (QED) is 0.824. The molecule has 1 saturated carbocycles. The van der Waals surface area contributed by atoms with E-state index in [1.807, 2.05) is 0 Å². The molecule has 140 valence electrons. The smallest absolute Gasteiger partial charge is 0.306 e. The maximum Gasteiger partial charge on any atom is 0.306 e. The number of aromatic nitrogens is 2. The van der Waals surface area contributed by atoms with Crippen molar-refractivity contribution in [3.8, 4) is 10.7 Å². The van der Waals surface area contributed by atoms with E-state index in [0.29, 0.717) is 40.2 Å². The molecule has 3 heterocycles. The molecule has 0 bridgehead atoms. The lowest BCUT2D eigenvalue weighted by Gasteiger charge is -2.29. The van der Waals surface area contributed by atoms with Crippen molar-refractivity contribution < 1.29 is 22.8 Å². The molecule has 0 aromatic carbocycles. The first kappa shape index (κ1) is 17.6. The van der Waals surface area contributed by atoms with E-state index >= 15 is 0 Å². The summed E-state index contributed by atoms with van der Waals surface area (Å²) >= 11 is 1.32. The van der Waals surface area contributed by atoms with Gasteiger partial charge in [-0.05, 0) is 38.7 Å². The Morgan fingerprint density at radius 2 is 2.00 bits per heavy atom. The molecular formula is C16H19N3O5S2. The maximum atomic E-state index is 13.0. The molecule has 2 aromatic heterocycles. The van der Waals surface area contributed by atoms with Gasteiger partial charge in [-0.2, -0.15) is 9.29 Å². The molecule has 0 spiro atoms. The van der Waals surface area contributed by atoms with Crippen molar-refractivity contribution in [3.05, 3.63) is 16.8 Å². The second kappa shape index (κ2) is 6.43. The first-order valence-electron chi connectivity index (χ1n) is 8.53. The van der Waals surface area contributed by atoms with Gasteiger partial charge >= 0.3 is 5.97 Å². The second-order valence-corrected chi connectivity index (χ2v) is 9.94. The molecule has 1 aliphatic heterocycles. The number of aliphatic carboxylic acids is 1. The number of hydrogen-bond acceptors (Lipinski definition) is 7. The summed E-state index contributed by atoms with van der Waals surface area (Å²) in [4.78, 5) is 17.0. The molecule has 10 heteroatoms. The SMILES string of the molecule is Cc1sc(-c2noc(C3CC3)n2)cc1S(=O)(=O)N1CCC(C(=O)O)CC1.